The second-order valence-corrected chi connectivity index (χ2v) is 4.29. The largest absolute Gasteiger partial charge is 0.495 e. The standard InChI is InChI=1S/C15H15FN2O2/c1-10-3-8-14(20-2)13(9-10)18-15(19)17-12-6-4-11(16)5-7-12/h3-9H,1-2H3,(H2,17,18,19). The molecule has 0 aliphatic carbocycles. The van der Waals surface area contributed by atoms with Gasteiger partial charge in [0.2, 0.25) is 0 Å². The molecule has 2 N–H and O–H groups in total. The van der Waals surface area contributed by atoms with Crippen molar-refractivity contribution in [3.63, 3.8) is 0 Å². The molecule has 0 saturated heterocycles. The average molecular weight is 274 g/mol. The molecular formula is C15H15FN2O2. The first-order valence-electron chi connectivity index (χ1n) is 6.06. The monoisotopic (exact) mass is 274 g/mol. The zero-order valence-electron chi connectivity index (χ0n) is 11.2. The van der Waals surface area contributed by atoms with Crippen LogP contribution in [0.2, 0.25) is 0 Å². The van der Waals surface area contributed by atoms with E-state index in [1.165, 1.54) is 31.4 Å². The average Bonchev–Trinajstić information content (AvgIpc) is 2.41. The molecule has 0 spiro atoms. The summed E-state index contributed by atoms with van der Waals surface area (Å²) in [7, 11) is 1.54. The van der Waals surface area contributed by atoms with E-state index < -0.39 is 6.03 Å². The molecule has 0 fully saturated rings. The van der Waals surface area contributed by atoms with E-state index in [4.69, 9.17) is 4.74 Å². The summed E-state index contributed by atoms with van der Waals surface area (Å²) in [6, 6.07) is 10.6. The maximum Gasteiger partial charge on any atom is 0.323 e. The molecule has 2 rings (SSSR count). The number of carbonyl (C=O) groups excluding carboxylic acids is 1. The second-order valence-electron chi connectivity index (χ2n) is 4.29. The fraction of sp³-hybridized carbons (Fsp3) is 0.133. The van der Waals surface area contributed by atoms with Crippen molar-refractivity contribution in [2.24, 2.45) is 0 Å². The van der Waals surface area contributed by atoms with Crippen molar-refractivity contribution in [2.45, 2.75) is 6.92 Å². The summed E-state index contributed by atoms with van der Waals surface area (Å²) < 4.78 is 17.9. The highest BCUT2D eigenvalue weighted by molar-refractivity contribution is 6.00. The summed E-state index contributed by atoms with van der Waals surface area (Å²) in [6.07, 6.45) is 0. The molecule has 20 heavy (non-hydrogen) atoms. The van der Waals surface area contributed by atoms with Crippen molar-refractivity contribution in [1.82, 2.24) is 0 Å². The predicted octanol–water partition coefficient (Wildman–Crippen LogP) is 3.79. The molecule has 0 saturated carbocycles. The molecule has 0 aromatic heterocycles. The highest BCUT2D eigenvalue weighted by atomic mass is 19.1. The minimum Gasteiger partial charge on any atom is -0.495 e. The van der Waals surface area contributed by atoms with Gasteiger partial charge in [0.15, 0.2) is 0 Å². The third-order valence-electron chi connectivity index (χ3n) is 2.71. The van der Waals surface area contributed by atoms with E-state index in [1.54, 1.807) is 6.07 Å². The first-order chi connectivity index (χ1) is 9.58. The third kappa shape index (κ3) is 3.47. The molecule has 2 aromatic carbocycles. The van der Waals surface area contributed by atoms with E-state index in [2.05, 4.69) is 10.6 Å². The number of urea groups is 1. The fourth-order valence-corrected chi connectivity index (χ4v) is 1.74. The Morgan fingerprint density at radius 1 is 1.10 bits per heavy atom. The van der Waals surface area contributed by atoms with Gasteiger partial charge in [0.05, 0.1) is 12.8 Å². The Labute approximate surface area is 116 Å². The van der Waals surface area contributed by atoms with Gasteiger partial charge in [-0.05, 0) is 48.9 Å². The van der Waals surface area contributed by atoms with Crippen LogP contribution >= 0.6 is 0 Å². The van der Waals surface area contributed by atoms with Gasteiger partial charge in [-0.3, -0.25) is 0 Å². The Morgan fingerprint density at radius 3 is 2.45 bits per heavy atom. The molecule has 0 aliphatic heterocycles. The van der Waals surface area contributed by atoms with Crippen LogP contribution in [-0.4, -0.2) is 13.1 Å². The summed E-state index contributed by atoms with van der Waals surface area (Å²) in [5.74, 6) is 0.223. The van der Waals surface area contributed by atoms with Gasteiger partial charge in [0.1, 0.15) is 11.6 Å². The van der Waals surface area contributed by atoms with Crippen molar-refractivity contribution < 1.29 is 13.9 Å². The molecular weight excluding hydrogens is 259 g/mol. The number of halogens is 1. The second kappa shape index (κ2) is 6.06. The summed E-state index contributed by atoms with van der Waals surface area (Å²) in [5.41, 5.74) is 2.09. The lowest BCUT2D eigenvalue weighted by atomic mass is 10.2. The van der Waals surface area contributed by atoms with Crippen molar-refractivity contribution in [1.29, 1.82) is 0 Å². The first kappa shape index (κ1) is 13.9. The Balaban J connectivity index is 2.08. The Morgan fingerprint density at radius 2 is 1.80 bits per heavy atom. The smallest absolute Gasteiger partial charge is 0.323 e. The van der Waals surface area contributed by atoms with E-state index in [-0.39, 0.29) is 5.82 Å². The Bertz CT molecular complexity index is 612. The number of aryl methyl sites for hydroxylation is 1. The number of benzene rings is 2. The molecule has 2 aromatic rings. The molecule has 0 heterocycles. The van der Waals surface area contributed by atoms with Gasteiger partial charge in [-0.2, -0.15) is 0 Å². The number of amides is 2. The number of methoxy groups -OCH3 is 1. The zero-order chi connectivity index (χ0) is 14.5. The normalized spacial score (nSPS) is 9.95. The molecule has 104 valence electrons. The van der Waals surface area contributed by atoms with Crippen LogP contribution in [0.5, 0.6) is 5.75 Å². The number of hydrogen-bond donors (Lipinski definition) is 2. The zero-order valence-corrected chi connectivity index (χ0v) is 11.2. The maximum atomic E-state index is 12.8. The van der Waals surface area contributed by atoms with Crippen molar-refractivity contribution in [2.75, 3.05) is 17.7 Å². The lowest BCUT2D eigenvalue weighted by Crippen LogP contribution is -2.19. The van der Waals surface area contributed by atoms with E-state index in [9.17, 15) is 9.18 Å². The van der Waals surface area contributed by atoms with Crippen LogP contribution in [0.25, 0.3) is 0 Å². The van der Waals surface area contributed by atoms with Crippen LogP contribution in [0.15, 0.2) is 42.5 Å². The fourth-order valence-electron chi connectivity index (χ4n) is 1.74. The third-order valence-corrected chi connectivity index (χ3v) is 2.71. The van der Waals surface area contributed by atoms with Crippen LogP contribution in [0.3, 0.4) is 0 Å². The minimum atomic E-state index is -0.416. The molecule has 4 nitrogen and oxygen atoms in total. The van der Waals surface area contributed by atoms with E-state index in [0.29, 0.717) is 17.1 Å². The number of hydrogen-bond acceptors (Lipinski definition) is 2. The summed E-state index contributed by atoms with van der Waals surface area (Å²) in [6.45, 7) is 1.92. The number of nitrogens with one attached hydrogen (secondary N) is 2. The molecule has 0 bridgehead atoms. The lowest BCUT2D eigenvalue weighted by Gasteiger charge is -2.12. The summed E-state index contributed by atoms with van der Waals surface area (Å²) in [5, 5.41) is 5.31. The Kier molecular flexibility index (Phi) is 4.20. The van der Waals surface area contributed by atoms with Gasteiger partial charge in [-0.15, -0.1) is 0 Å². The highest BCUT2D eigenvalue weighted by Crippen LogP contribution is 2.25. The molecule has 0 atom stereocenters. The SMILES string of the molecule is COc1ccc(C)cc1NC(=O)Nc1ccc(F)cc1. The van der Waals surface area contributed by atoms with Gasteiger partial charge in [-0.25, -0.2) is 9.18 Å². The van der Waals surface area contributed by atoms with Gasteiger partial charge >= 0.3 is 6.03 Å². The van der Waals surface area contributed by atoms with Crippen LogP contribution in [0.4, 0.5) is 20.6 Å². The molecule has 5 heteroatoms. The van der Waals surface area contributed by atoms with Crippen LogP contribution in [0, 0.1) is 12.7 Å². The van der Waals surface area contributed by atoms with Gasteiger partial charge in [0.25, 0.3) is 0 Å². The van der Waals surface area contributed by atoms with Gasteiger partial charge in [0, 0.05) is 5.69 Å². The topological polar surface area (TPSA) is 50.4 Å². The molecule has 0 unspecified atom stereocenters. The van der Waals surface area contributed by atoms with Crippen molar-refractivity contribution in [3.05, 3.63) is 53.8 Å². The van der Waals surface area contributed by atoms with Crippen LogP contribution in [0.1, 0.15) is 5.56 Å². The lowest BCUT2D eigenvalue weighted by molar-refractivity contribution is 0.262. The number of ether oxygens (including phenoxy) is 1. The maximum absolute atomic E-state index is 12.8. The van der Waals surface area contributed by atoms with E-state index >= 15 is 0 Å². The van der Waals surface area contributed by atoms with E-state index in [1.807, 2.05) is 19.1 Å². The predicted molar refractivity (Wildman–Crippen MR) is 76.8 cm³/mol. The first-order valence-corrected chi connectivity index (χ1v) is 6.06. The molecule has 0 aliphatic rings. The quantitative estimate of drug-likeness (QED) is 0.894. The summed E-state index contributed by atoms with van der Waals surface area (Å²) >= 11 is 0. The highest BCUT2D eigenvalue weighted by Gasteiger charge is 2.08. The van der Waals surface area contributed by atoms with Crippen LogP contribution in [-0.2, 0) is 0 Å². The van der Waals surface area contributed by atoms with Crippen LogP contribution < -0.4 is 15.4 Å². The summed E-state index contributed by atoms with van der Waals surface area (Å²) in [4.78, 5) is 11.9. The Hall–Kier alpha value is -2.56. The number of rotatable bonds is 3. The molecule has 2 amide bonds. The van der Waals surface area contributed by atoms with Gasteiger partial charge < -0.3 is 15.4 Å². The molecule has 0 radical (unpaired) electrons. The van der Waals surface area contributed by atoms with Crippen molar-refractivity contribution >= 4 is 17.4 Å². The number of anilines is 2. The van der Waals surface area contributed by atoms with Gasteiger partial charge in [-0.1, -0.05) is 6.07 Å². The van der Waals surface area contributed by atoms with E-state index in [0.717, 1.165) is 5.56 Å². The van der Waals surface area contributed by atoms with Crippen molar-refractivity contribution in [3.8, 4) is 5.75 Å². The minimum absolute atomic E-state index is 0.351. The number of carbonyl (C=O) groups is 1.